The van der Waals surface area contributed by atoms with E-state index in [0.29, 0.717) is 18.7 Å². The van der Waals surface area contributed by atoms with Crippen molar-refractivity contribution in [1.29, 1.82) is 0 Å². The van der Waals surface area contributed by atoms with Crippen LogP contribution in [0.15, 0.2) is 22.8 Å². The number of hydrogen-bond acceptors (Lipinski definition) is 3. The highest BCUT2D eigenvalue weighted by molar-refractivity contribution is 9.10. The summed E-state index contributed by atoms with van der Waals surface area (Å²) < 4.78 is 0.826. The van der Waals surface area contributed by atoms with Crippen LogP contribution >= 0.6 is 15.9 Å². The number of carboxylic acids is 1. The highest BCUT2D eigenvalue weighted by Crippen LogP contribution is 2.31. The molecule has 1 aliphatic carbocycles. The van der Waals surface area contributed by atoms with Crippen LogP contribution in [-0.2, 0) is 9.59 Å². The van der Waals surface area contributed by atoms with Crippen LogP contribution in [0.1, 0.15) is 25.7 Å². The van der Waals surface area contributed by atoms with Gasteiger partial charge >= 0.3 is 5.97 Å². The second kappa shape index (κ2) is 6.14. The third-order valence-corrected chi connectivity index (χ3v) is 3.87. The fourth-order valence-corrected chi connectivity index (χ4v) is 2.64. The molecule has 1 aliphatic rings. The van der Waals surface area contributed by atoms with Crippen LogP contribution in [0.5, 0.6) is 0 Å². The first-order valence-corrected chi connectivity index (χ1v) is 7.02. The Hall–Kier alpha value is -1.43. The van der Waals surface area contributed by atoms with Gasteiger partial charge < -0.3 is 10.4 Å². The fraction of sp³-hybridized carbons (Fsp3) is 0.462. The average molecular weight is 327 g/mol. The second-order valence-corrected chi connectivity index (χ2v) is 5.60. The van der Waals surface area contributed by atoms with Crippen molar-refractivity contribution in [3.8, 4) is 0 Å². The van der Waals surface area contributed by atoms with Crippen LogP contribution < -0.4 is 5.32 Å². The van der Waals surface area contributed by atoms with E-state index in [0.717, 1.165) is 17.3 Å². The van der Waals surface area contributed by atoms with E-state index in [1.807, 2.05) is 0 Å². The van der Waals surface area contributed by atoms with Crippen molar-refractivity contribution in [3.63, 3.8) is 0 Å². The monoisotopic (exact) mass is 326 g/mol. The summed E-state index contributed by atoms with van der Waals surface area (Å²) in [5.41, 5.74) is 0. The van der Waals surface area contributed by atoms with Crippen LogP contribution in [0.25, 0.3) is 0 Å². The summed E-state index contributed by atoms with van der Waals surface area (Å²) in [6.07, 6.45) is 4.55. The Morgan fingerprint density at radius 2 is 1.95 bits per heavy atom. The van der Waals surface area contributed by atoms with E-state index in [2.05, 4.69) is 26.2 Å². The van der Waals surface area contributed by atoms with Crippen molar-refractivity contribution in [2.45, 2.75) is 25.7 Å². The summed E-state index contributed by atoms with van der Waals surface area (Å²) in [7, 11) is 0. The van der Waals surface area contributed by atoms with Gasteiger partial charge in [-0.1, -0.05) is 12.8 Å². The van der Waals surface area contributed by atoms with Crippen molar-refractivity contribution in [3.05, 3.63) is 22.8 Å². The minimum atomic E-state index is -0.886. The largest absolute Gasteiger partial charge is 0.481 e. The van der Waals surface area contributed by atoms with Gasteiger partial charge in [0, 0.05) is 10.7 Å². The molecule has 1 saturated carbocycles. The molecule has 0 spiro atoms. The normalized spacial score (nSPS) is 22.8. The summed E-state index contributed by atoms with van der Waals surface area (Å²) in [4.78, 5) is 27.4. The Balaban J connectivity index is 2.05. The number of amides is 1. The molecule has 2 atom stereocenters. The second-order valence-electron chi connectivity index (χ2n) is 4.69. The van der Waals surface area contributed by atoms with Gasteiger partial charge in [-0.25, -0.2) is 4.98 Å². The molecule has 19 heavy (non-hydrogen) atoms. The molecular formula is C13H15BrN2O3. The molecule has 1 aromatic rings. The van der Waals surface area contributed by atoms with Gasteiger partial charge in [0.25, 0.3) is 0 Å². The molecule has 5 nitrogen and oxygen atoms in total. The number of carbonyl (C=O) groups excluding carboxylic acids is 1. The number of pyridine rings is 1. The van der Waals surface area contributed by atoms with E-state index in [-0.39, 0.29) is 5.91 Å². The first-order chi connectivity index (χ1) is 9.08. The van der Waals surface area contributed by atoms with Crippen molar-refractivity contribution in [2.75, 3.05) is 5.32 Å². The minimum Gasteiger partial charge on any atom is -0.481 e. The van der Waals surface area contributed by atoms with Crippen LogP contribution in [-0.4, -0.2) is 22.0 Å². The zero-order chi connectivity index (χ0) is 13.8. The highest BCUT2D eigenvalue weighted by Gasteiger charge is 2.35. The summed E-state index contributed by atoms with van der Waals surface area (Å²) in [5, 5.41) is 11.8. The topological polar surface area (TPSA) is 79.3 Å². The number of carboxylic acid groups (broad SMARTS) is 1. The van der Waals surface area contributed by atoms with Gasteiger partial charge in [-0.3, -0.25) is 9.59 Å². The van der Waals surface area contributed by atoms with Gasteiger partial charge in [0.05, 0.1) is 11.8 Å². The zero-order valence-electron chi connectivity index (χ0n) is 10.3. The quantitative estimate of drug-likeness (QED) is 0.894. The van der Waals surface area contributed by atoms with Crippen LogP contribution in [0, 0.1) is 11.8 Å². The van der Waals surface area contributed by atoms with Crippen molar-refractivity contribution in [1.82, 2.24) is 4.98 Å². The van der Waals surface area contributed by atoms with E-state index >= 15 is 0 Å². The Morgan fingerprint density at radius 3 is 2.53 bits per heavy atom. The van der Waals surface area contributed by atoms with E-state index in [1.165, 1.54) is 0 Å². The van der Waals surface area contributed by atoms with E-state index in [9.17, 15) is 9.59 Å². The predicted molar refractivity (Wildman–Crippen MR) is 73.7 cm³/mol. The van der Waals surface area contributed by atoms with Gasteiger partial charge in [-0.2, -0.15) is 0 Å². The molecule has 0 radical (unpaired) electrons. The molecule has 6 heteroatoms. The van der Waals surface area contributed by atoms with Crippen LogP contribution in [0.2, 0.25) is 0 Å². The smallest absolute Gasteiger partial charge is 0.307 e. The molecular weight excluding hydrogens is 312 g/mol. The molecule has 1 fully saturated rings. The number of aliphatic carboxylic acids is 1. The maximum atomic E-state index is 12.1. The lowest BCUT2D eigenvalue weighted by atomic mass is 9.79. The summed E-state index contributed by atoms with van der Waals surface area (Å²) in [6, 6.07) is 3.46. The zero-order valence-corrected chi connectivity index (χ0v) is 11.9. The molecule has 1 aromatic heterocycles. The lowest BCUT2D eigenvalue weighted by molar-refractivity contribution is -0.147. The SMILES string of the molecule is O=C(O)C1CCCCC1C(=O)Nc1ccc(Br)cn1. The third-order valence-electron chi connectivity index (χ3n) is 3.40. The summed E-state index contributed by atoms with van der Waals surface area (Å²) >= 11 is 3.26. The Bertz CT molecular complexity index is 475. The highest BCUT2D eigenvalue weighted by atomic mass is 79.9. The number of nitrogens with one attached hydrogen (secondary N) is 1. The fourth-order valence-electron chi connectivity index (χ4n) is 2.41. The van der Waals surface area contributed by atoms with Crippen molar-refractivity contribution < 1.29 is 14.7 Å². The maximum absolute atomic E-state index is 12.1. The standard InChI is InChI=1S/C13H15BrN2O3/c14-8-5-6-11(15-7-8)16-12(17)9-3-1-2-4-10(9)13(18)19/h5-7,9-10H,1-4H2,(H,18,19)(H,15,16,17). The van der Waals surface area contributed by atoms with Gasteiger partial charge in [0.2, 0.25) is 5.91 Å². The predicted octanol–water partition coefficient (Wildman–Crippen LogP) is 2.67. The summed E-state index contributed by atoms with van der Waals surface area (Å²) in [5.74, 6) is -1.73. The molecule has 0 bridgehead atoms. The lowest BCUT2D eigenvalue weighted by Gasteiger charge is -2.27. The van der Waals surface area contributed by atoms with Crippen molar-refractivity contribution in [2.24, 2.45) is 11.8 Å². The number of hydrogen-bond donors (Lipinski definition) is 2. The number of carbonyl (C=O) groups is 2. The summed E-state index contributed by atoms with van der Waals surface area (Å²) in [6.45, 7) is 0. The number of anilines is 1. The number of halogens is 1. The van der Waals surface area contributed by atoms with Gasteiger partial charge in [-0.15, -0.1) is 0 Å². The lowest BCUT2D eigenvalue weighted by Crippen LogP contribution is -2.36. The van der Waals surface area contributed by atoms with Crippen molar-refractivity contribution >= 4 is 33.6 Å². The van der Waals surface area contributed by atoms with Gasteiger partial charge in [0.15, 0.2) is 0 Å². The van der Waals surface area contributed by atoms with Gasteiger partial charge in [-0.05, 0) is 40.9 Å². The number of aromatic nitrogens is 1. The molecule has 0 aliphatic heterocycles. The Kier molecular flexibility index (Phi) is 4.52. The first kappa shape index (κ1) is 14.0. The Morgan fingerprint density at radius 1 is 1.26 bits per heavy atom. The van der Waals surface area contributed by atoms with E-state index in [4.69, 9.17) is 5.11 Å². The molecule has 1 amide bonds. The molecule has 1 heterocycles. The third kappa shape index (κ3) is 3.53. The molecule has 2 unspecified atom stereocenters. The van der Waals surface area contributed by atoms with E-state index in [1.54, 1.807) is 18.3 Å². The van der Waals surface area contributed by atoms with Gasteiger partial charge in [0.1, 0.15) is 5.82 Å². The van der Waals surface area contributed by atoms with E-state index < -0.39 is 17.8 Å². The average Bonchev–Trinajstić information content (AvgIpc) is 2.41. The Labute approximate surface area is 119 Å². The van der Waals surface area contributed by atoms with Crippen LogP contribution in [0.3, 0.4) is 0 Å². The molecule has 0 aromatic carbocycles. The minimum absolute atomic E-state index is 0.248. The number of rotatable bonds is 3. The van der Waals surface area contributed by atoms with Crippen LogP contribution in [0.4, 0.5) is 5.82 Å². The molecule has 0 saturated heterocycles. The molecule has 102 valence electrons. The molecule has 2 rings (SSSR count). The number of nitrogens with zero attached hydrogens (tertiary/aromatic N) is 1. The maximum Gasteiger partial charge on any atom is 0.307 e. The molecule has 2 N–H and O–H groups in total. The first-order valence-electron chi connectivity index (χ1n) is 6.23.